The van der Waals surface area contributed by atoms with Crippen LogP contribution in [-0.4, -0.2) is 11.8 Å². The Hall–Kier alpha value is -1.84. The maximum Gasteiger partial charge on any atom is 0.313 e. The van der Waals surface area contributed by atoms with E-state index in [4.69, 9.17) is 5.73 Å². The predicted molar refractivity (Wildman–Crippen MR) is 63.1 cm³/mol. The third-order valence-electron chi connectivity index (χ3n) is 2.40. The Morgan fingerprint density at radius 1 is 1.31 bits per heavy atom. The van der Waals surface area contributed by atoms with Gasteiger partial charge in [0.15, 0.2) is 0 Å². The molecule has 1 aromatic rings. The number of carbonyl (C=O) groups excluding carboxylic acids is 2. The average Bonchev–Trinajstić information content (AvgIpc) is 2.20. The van der Waals surface area contributed by atoms with Crippen molar-refractivity contribution >= 4 is 17.5 Å². The number of nitrogens with one attached hydrogen (secondary N) is 1. The minimum atomic E-state index is -0.977. The van der Waals surface area contributed by atoms with Gasteiger partial charge in [-0.2, -0.15) is 0 Å². The quantitative estimate of drug-likeness (QED) is 0.742. The van der Waals surface area contributed by atoms with Crippen LogP contribution in [0.5, 0.6) is 0 Å². The summed E-state index contributed by atoms with van der Waals surface area (Å²) in [5, 5.41) is 2.49. The Balaban J connectivity index is 2.99. The molecule has 0 spiro atoms. The number of aryl methyl sites for hydroxylation is 1. The van der Waals surface area contributed by atoms with Gasteiger partial charge >= 0.3 is 11.8 Å². The Labute approximate surface area is 94.8 Å². The number of nitrogens with two attached hydrogens (primary N) is 1. The first-order chi connectivity index (χ1) is 7.41. The summed E-state index contributed by atoms with van der Waals surface area (Å²) in [6.07, 6.45) is 0. The van der Waals surface area contributed by atoms with Gasteiger partial charge in [0.25, 0.3) is 0 Å². The molecule has 0 aliphatic heterocycles. The predicted octanol–water partition coefficient (Wildman–Crippen LogP) is 1.54. The van der Waals surface area contributed by atoms with Crippen LogP contribution in [0.3, 0.4) is 0 Å². The zero-order valence-electron chi connectivity index (χ0n) is 9.70. The van der Waals surface area contributed by atoms with E-state index in [-0.39, 0.29) is 0 Å². The van der Waals surface area contributed by atoms with Gasteiger partial charge < -0.3 is 11.1 Å². The molecule has 86 valence electrons. The highest BCUT2D eigenvalue weighted by Gasteiger charge is 2.11. The lowest BCUT2D eigenvalue weighted by Gasteiger charge is -2.11. The molecule has 0 heterocycles. The first kappa shape index (κ1) is 12.2. The molecule has 0 aromatic heterocycles. The fourth-order valence-electron chi connectivity index (χ4n) is 1.32. The Kier molecular flexibility index (Phi) is 3.66. The highest BCUT2D eigenvalue weighted by atomic mass is 16.2. The van der Waals surface area contributed by atoms with Crippen LogP contribution in [0.4, 0.5) is 5.69 Å². The molecular formula is C12H16N2O2. The van der Waals surface area contributed by atoms with Crippen LogP contribution in [0.1, 0.15) is 30.9 Å². The van der Waals surface area contributed by atoms with Gasteiger partial charge in [-0.05, 0) is 30.0 Å². The van der Waals surface area contributed by atoms with Crippen molar-refractivity contribution in [1.82, 2.24) is 0 Å². The van der Waals surface area contributed by atoms with Crippen LogP contribution in [0, 0.1) is 6.92 Å². The number of anilines is 1. The first-order valence-electron chi connectivity index (χ1n) is 5.13. The highest BCUT2D eigenvalue weighted by Crippen LogP contribution is 2.22. The Morgan fingerprint density at radius 3 is 2.44 bits per heavy atom. The molecule has 0 unspecified atom stereocenters. The van der Waals surface area contributed by atoms with Gasteiger partial charge in [0.2, 0.25) is 0 Å². The summed E-state index contributed by atoms with van der Waals surface area (Å²) in [5.74, 6) is -1.40. The van der Waals surface area contributed by atoms with E-state index in [0.717, 1.165) is 11.1 Å². The highest BCUT2D eigenvalue weighted by molar-refractivity contribution is 6.39. The van der Waals surface area contributed by atoms with E-state index in [0.29, 0.717) is 11.6 Å². The molecule has 16 heavy (non-hydrogen) atoms. The minimum Gasteiger partial charge on any atom is -0.361 e. The molecule has 0 saturated carbocycles. The van der Waals surface area contributed by atoms with Gasteiger partial charge in [-0.1, -0.05) is 26.0 Å². The number of rotatable bonds is 2. The molecule has 3 N–H and O–H groups in total. The van der Waals surface area contributed by atoms with Crippen LogP contribution < -0.4 is 11.1 Å². The first-order valence-corrected chi connectivity index (χ1v) is 5.13. The molecule has 2 amide bonds. The number of benzene rings is 1. The largest absolute Gasteiger partial charge is 0.361 e. The number of primary amides is 1. The van der Waals surface area contributed by atoms with Gasteiger partial charge in [-0.3, -0.25) is 9.59 Å². The zero-order chi connectivity index (χ0) is 12.3. The van der Waals surface area contributed by atoms with E-state index in [9.17, 15) is 9.59 Å². The fourth-order valence-corrected chi connectivity index (χ4v) is 1.32. The van der Waals surface area contributed by atoms with Crippen LogP contribution >= 0.6 is 0 Å². The number of carbonyl (C=O) groups is 2. The van der Waals surface area contributed by atoms with Crippen molar-refractivity contribution in [3.05, 3.63) is 29.3 Å². The SMILES string of the molecule is Cc1ccc(C(C)C)cc1NC(=O)C(N)=O. The summed E-state index contributed by atoms with van der Waals surface area (Å²) < 4.78 is 0. The van der Waals surface area contributed by atoms with E-state index in [1.807, 2.05) is 25.1 Å². The third-order valence-corrected chi connectivity index (χ3v) is 2.40. The van der Waals surface area contributed by atoms with Crippen LogP contribution in [0.15, 0.2) is 18.2 Å². The van der Waals surface area contributed by atoms with Gasteiger partial charge in [-0.15, -0.1) is 0 Å². The third kappa shape index (κ3) is 2.82. The number of hydrogen-bond acceptors (Lipinski definition) is 2. The number of amides is 2. The normalized spacial score (nSPS) is 10.2. The maximum absolute atomic E-state index is 11.2. The zero-order valence-corrected chi connectivity index (χ0v) is 9.70. The molecule has 0 atom stereocenters. The average molecular weight is 220 g/mol. The van der Waals surface area contributed by atoms with E-state index in [1.165, 1.54) is 0 Å². The maximum atomic E-state index is 11.2. The summed E-state index contributed by atoms with van der Waals surface area (Å²) in [5.41, 5.74) is 7.52. The van der Waals surface area contributed by atoms with Crippen LogP contribution in [0.2, 0.25) is 0 Å². The molecule has 1 rings (SSSR count). The Bertz CT molecular complexity index is 425. The van der Waals surface area contributed by atoms with E-state index in [2.05, 4.69) is 19.2 Å². The molecule has 0 fully saturated rings. The molecule has 0 saturated heterocycles. The molecule has 4 heteroatoms. The van der Waals surface area contributed by atoms with Crippen molar-refractivity contribution in [2.45, 2.75) is 26.7 Å². The topological polar surface area (TPSA) is 72.2 Å². The summed E-state index contributed by atoms with van der Waals surface area (Å²) in [6, 6.07) is 5.77. The lowest BCUT2D eigenvalue weighted by molar-refractivity contribution is -0.134. The lowest BCUT2D eigenvalue weighted by atomic mass is 10.0. The van der Waals surface area contributed by atoms with Crippen molar-refractivity contribution in [2.75, 3.05) is 5.32 Å². The molecule has 0 bridgehead atoms. The molecule has 4 nitrogen and oxygen atoms in total. The van der Waals surface area contributed by atoms with Crippen LogP contribution in [-0.2, 0) is 9.59 Å². The standard InChI is InChI=1S/C12H16N2O2/c1-7(2)9-5-4-8(3)10(6-9)14-12(16)11(13)15/h4-7H,1-3H3,(H2,13,15)(H,14,16). The van der Waals surface area contributed by atoms with Gasteiger partial charge in [0, 0.05) is 5.69 Å². The van der Waals surface area contributed by atoms with Crippen molar-refractivity contribution in [3.63, 3.8) is 0 Å². The van der Waals surface area contributed by atoms with Crippen molar-refractivity contribution in [3.8, 4) is 0 Å². The monoisotopic (exact) mass is 220 g/mol. The van der Waals surface area contributed by atoms with E-state index in [1.54, 1.807) is 0 Å². The molecule has 0 radical (unpaired) electrons. The summed E-state index contributed by atoms with van der Waals surface area (Å²) in [7, 11) is 0. The Morgan fingerprint density at radius 2 is 1.94 bits per heavy atom. The van der Waals surface area contributed by atoms with Gasteiger partial charge in [0.1, 0.15) is 0 Å². The summed E-state index contributed by atoms with van der Waals surface area (Å²) in [4.78, 5) is 21.8. The molecule has 0 aliphatic carbocycles. The summed E-state index contributed by atoms with van der Waals surface area (Å²) in [6.45, 7) is 5.98. The molecular weight excluding hydrogens is 204 g/mol. The van der Waals surface area contributed by atoms with Crippen molar-refractivity contribution < 1.29 is 9.59 Å². The number of hydrogen-bond donors (Lipinski definition) is 2. The molecule has 0 aliphatic rings. The smallest absolute Gasteiger partial charge is 0.313 e. The van der Waals surface area contributed by atoms with Crippen molar-refractivity contribution in [1.29, 1.82) is 0 Å². The second kappa shape index (κ2) is 4.79. The van der Waals surface area contributed by atoms with Gasteiger partial charge in [-0.25, -0.2) is 0 Å². The van der Waals surface area contributed by atoms with E-state index >= 15 is 0 Å². The summed E-state index contributed by atoms with van der Waals surface area (Å²) >= 11 is 0. The van der Waals surface area contributed by atoms with Crippen molar-refractivity contribution in [2.24, 2.45) is 5.73 Å². The van der Waals surface area contributed by atoms with E-state index < -0.39 is 11.8 Å². The lowest BCUT2D eigenvalue weighted by Crippen LogP contribution is -2.29. The fraction of sp³-hybridized carbons (Fsp3) is 0.333. The second-order valence-electron chi connectivity index (χ2n) is 4.05. The second-order valence-corrected chi connectivity index (χ2v) is 4.05. The minimum absolute atomic E-state index is 0.366. The van der Waals surface area contributed by atoms with Crippen LogP contribution in [0.25, 0.3) is 0 Å². The molecule has 1 aromatic carbocycles. The van der Waals surface area contributed by atoms with Gasteiger partial charge in [0.05, 0.1) is 0 Å².